The van der Waals surface area contributed by atoms with Crippen molar-refractivity contribution in [3.63, 3.8) is 0 Å². The Kier molecular flexibility index (Phi) is 29.0. The van der Waals surface area contributed by atoms with Crippen LogP contribution in [0.4, 0.5) is 0 Å². The Labute approximate surface area is 350 Å². The van der Waals surface area contributed by atoms with Crippen molar-refractivity contribution in [3.05, 3.63) is 71.3 Å². The van der Waals surface area contributed by atoms with Gasteiger partial charge in [-0.25, -0.2) is 4.57 Å². The molecule has 0 amide bonds. The quantitative estimate of drug-likeness (QED) is 0.0134. The smallest absolute Gasteiger partial charge is 0.466 e. The van der Waals surface area contributed by atoms with Gasteiger partial charge < -0.3 is 23.3 Å². The Morgan fingerprint density at radius 2 is 1.33 bits per heavy atom. The van der Waals surface area contributed by atoms with E-state index in [0.717, 1.165) is 95.0 Å². The molecule has 1 rings (SSSR count). The molecule has 58 heavy (non-hydrogen) atoms. The van der Waals surface area contributed by atoms with Crippen molar-refractivity contribution in [2.75, 3.05) is 47.5 Å². The highest BCUT2D eigenvalue weighted by molar-refractivity contribution is 7.47. The van der Waals surface area contributed by atoms with Gasteiger partial charge >= 0.3 is 19.8 Å². The summed E-state index contributed by atoms with van der Waals surface area (Å²) in [6.07, 6.45) is 30.1. The predicted molar refractivity (Wildman–Crippen MR) is 232 cm³/mol. The first-order chi connectivity index (χ1) is 27.7. The number of nitrogens with zero attached hydrogens (tertiary/aromatic N) is 1. The lowest BCUT2D eigenvalue weighted by molar-refractivity contribution is -0.870. The molecule has 0 aromatic carbocycles. The molecular weight excluding hydrogens is 757 g/mol. The summed E-state index contributed by atoms with van der Waals surface area (Å²) in [5.41, 5.74) is 2.56. The van der Waals surface area contributed by atoms with E-state index < -0.39 is 32.5 Å². The highest BCUT2D eigenvalue weighted by Gasteiger charge is 2.27. The van der Waals surface area contributed by atoms with E-state index in [1.165, 1.54) is 11.1 Å². The summed E-state index contributed by atoms with van der Waals surface area (Å²) in [5, 5.41) is 0. The zero-order valence-corrected chi connectivity index (χ0v) is 37.9. The summed E-state index contributed by atoms with van der Waals surface area (Å²) >= 11 is 0. The van der Waals surface area contributed by atoms with Gasteiger partial charge in [-0.05, 0) is 82.4 Å². The average Bonchev–Trinajstić information content (AvgIpc) is 3.42. The van der Waals surface area contributed by atoms with Crippen molar-refractivity contribution in [3.8, 4) is 0 Å². The topological polar surface area (TPSA) is 139 Å². The van der Waals surface area contributed by atoms with Crippen LogP contribution < -0.4 is 0 Å². The molecule has 330 valence electrons. The lowest BCUT2D eigenvalue weighted by atomic mass is 10.0. The second kappa shape index (κ2) is 31.8. The first-order valence-electron chi connectivity index (χ1n) is 21.7. The number of hydrogen-bond donors (Lipinski definition) is 1. The number of allylic oxidation sites excluding steroid dienone is 8. The fourth-order valence-electron chi connectivity index (χ4n) is 5.83. The highest BCUT2D eigenvalue weighted by Crippen LogP contribution is 2.43. The third-order valence-electron chi connectivity index (χ3n) is 9.51. The van der Waals surface area contributed by atoms with Crippen LogP contribution >= 0.6 is 7.82 Å². The summed E-state index contributed by atoms with van der Waals surface area (Å²) in [4.78, 5) is 47.2. The van der Waals surface area contributed by atoms with E-state index in [-0.39, 0.29) is 31.8 Å². The van der Waals surface area contributed by atoms with Crippen LogP contribution in [0, 0.1) is 13.8 Å². The third-order valence-corrected chi connectivity index (χ3v) is 10.5. The SMILES string of the molecule is CCCCCC(=O)/C=C/C=C\C/C=C\C/C=C\CCCC(=O)OC[C@H](COP(=O)(O)OCC[N+](C)(C)C)OC(=O)CCCCCCCCc1oc(CCC)c(C)c1C. The predicted octanol–water partition coefficient (Wildman–Crippen LogP) is 10.7. The zero-order valence-electron chi connectivity index (χ0n) is 37.0. The molecule has 12 heteroatoms. The van der Waals surface area contributed by atoms with Crippen LogP contribution in [0.5, 0.6) is 0 Å². The summed E-state index contributed by atoms with van der Waals surface area (Å²) in [7, 11) is 1.37. The van der Waals surface area contributed by atoms with Crippen molar-refractivity contribution >= 4 is 25.5 Å². The number of carbonyl (C=O) groups is 3. The molecule has 0 aliphatic carbocycles. The van der Waals surface area contributed by atoms with Crippen molar-refractivity contribution in [1.82, 2.24) is 0 Å². The van der Waals surface area contributed by atoms with Gasteiger partial charge in [-0.3, -0.25) is 23.4 Å². The van der Waals surface area contributed by atoms with Gasteiger partial charge in [-0.1, -0.05) is 94.9 Å². The molecule has 0 saturated heterocycles. The van der Waals surface area contributed by atoms with E-state index in [4.69, 9.17) is 22.9 Å². The maximum atomic E-state index is 12.7. The van der Waals surface area contributed by atoms with E-state index in [9.17, 15) is 23.8 Å². The number of esters is 2. The number of phosphoric ester groups is 1. The van der Waals surface area contributed by atoms with Crippen LogP contribution in [-0.4, -0.2) is 80.7 Å². The normalized spacial score (nSPS) is 13.9. The lowest BCUT2D eigenvalue weighted by Crippen LogP contribution is -2.37. The van der Waals surface area contributed by atoms with Crippen LogP contribution in [0.15, 0.2) is 53.0 Å². The molecule has 0 radical (unpaired) electrons. The van der Waals surface area contributed by atoms with Gasteiger partial charge in [0, 0.05) is 32.1 Å². The minimum atomic E-state index is -4.42. The molecule has 11 nitrogen and oxygen atoms in total. The first-order valence-corrected chi connectivity index (χ1v) is 23.2. The minimum absolute atomic E-state index is 0.00206. The molecule has 0 fully saturated rings. The molecule has 1 aromatic heterocycles. The molecule has 0 spiro atoms. The van der Waals surface area contributed by atoms with Gasteiger partial charge in [0.05, 0.1) is 27.7 Å². The minimum Gasteiger partial charge on any atom is -0.466 e. The number of ether oxygens (including phenoxy) is 2. The number of rotatable bonds is 35. The number of phosphoric acid groups is 1. The zero-order chi connectivity index (χ0) is 43.1. The maximum Gasteiger partial charge on any atom is 0.472 e. The largest absolute Gasteiger partial charge is 0.472 e. The number of carbonyl (C=O) groups excluding carboxylic acids is 3. The van der Waals surface area contributed by atoms with E-state index in [1.54, 1.807) is 12.2 Å². The number of furan rings is 1. The summed E-state index contributed by atoms with van der Waals surface area (Å²) in [6.45, 7) is 8.31. The third kappa shape index (κ3) is 28.4. The molecular formula is C46H77NO10P+. The molecule has 1 N–H and O–H groups in total. The molecule has 0 aliphatic heterocycles. The van der Waals surface area contributed by atoms with Crippen LogP contribution in [0.2, 0.25) is 0 Å². The van der Waals surface area contributed by atoms with Crippen LogP contribution in [-0.2, 0) is 50.3 Å². The van der Waals surface area contributed by atoms with Gasteiger partial charge in [0.25, 0.3) is 0 Å². The number of likely N-dealkylation sites (N-methyl/N-ethyl adjacent to an activating group) is 1. The summed E-state index contributed by atoms with van der Waals surface area (Å²) in [5.74, 6) is 1.45. The number of quaternary nitrogens is 1. The Bertz CT molecular complexity index is 1470. The van der Waals surface area contributed by atoms with Crippen molar-refractivity contribution in [1.29, 1.82) is 0 Å². The van der Waals surface area contributed by atoms with E-state index in [2.05, 4.69) is 39.8 Å². The Hall–Kier alpha value is -3.08. The number of ketones is 1. The fourth-order valence-corrected chi connectivity index (χ4v) is 6.57. The van der Waals surface area contributed by atoms with Crippen LogP contribution in [0.25, 0.3) is 0 Å². The van der Waals surface area contributed by atoms with Crippen LogP contribution in [0.3, 0.4) is 0 Å². The molecule has 1 heterocycles. The monoisotopic (exact) mass is 835 g/mol. The molecule has 2 atom stereocenters. The Balaban J connectivity index is 2.43. The second-order valence-corrected chi connectivity index (χ2v) is 17.4. The number of hydrogen-bond acceptors (Lipinski definition) is 9. The molecule has 1 aromatic rings. The van der Waals surface area contributed by atoms with Crippen molar-refractivity contribution in [2.24, 2.45) is 0 Å². The molecule has 1 unspecified atom stereocenters. The standard InChI is InChI=1S/C46H76NO10P/c1-8-10-24-30-41(48)31-25-20-16-14-12-11-13-15-17-22-27-33-45(49)53-37-42(38-55-58(51,52)54-36-35-47(5,6)7)56-46(50)34-28-23-19-18-21-26-32-44-40(4)39(3)43(57-44)29-9-2/h11-12,15-17,20,25,31,42H,8-10,13-14,18-19,21-24,26-30,32-38H2,1-7H3/p+1/b12-11-,17-15-,20-16-,31-25+/t42-/m1/s1. The maximum absolute atomic E-state index is 12.7. The van der Waals surface area contributed by atoms with Gasteiger partial charge in [0.2, 0.25) is 0 Å². The van der Waals surface area contributed by atoms with E-state index >= 15 is 0 Å². The molecule has 0 aliphatic rings. The van der Waals surface area contributed by atoms with Crippen molar-refractivity contribution < 1.29 is 51.3 Å². The summed E-state index contributed by atoms with van der Waals surface area (Å²) < 4.78 is 40.3. The lowest BCUT2D eigenvalue weighted by Gasteiger charge is -2.24. The first kappa shape index (κ1) is 52.9. The van der Waals surface area contributed by atoms with Gasteiger partial charge in [0.15, 0.2) is 11.9 Å². The molecule has 0 saturated carbocycles. The van der Waals surface area contributed by atoms with Crippen molar-refractivity contribution in [2.45, 2.75) is 156 Å². The van der Waals surface area contributed by atoms with Gasteiger partial charge in [0.1, 0.15) is 31.3 Å². The average molecular weight is 835 g/mol. The summed E-state index contributed by atoms with van der Waals surface area (Å²) in [6, 6.07) is 0. The second-order valence-electron chi connectivity index (χ2n) is 16.0. The fraction of sp³-hybridized carbons (Fsp3) is 0.674. The molecule has 0 bridgehead atoms. The number of unbranched alkanes of at least 4 members (excludes halogenated alkanes) is 8. The van der Waals surface area contributed by atoms with E-state index in [0.29, 0.717) is 36.7 Å². The van der Waals surface area contributed by atoms with Gasteiger partial charge in [-0.2, -0.15) is 0 Å². The van der Waals surface area contributed by atoms with Crippen LogP contribution in [0.1, 0.15) is 146 Å². The Morgan fingerprint density at radius 1 is 0.707 bits per heavy atom. The van der Waals surface area contributed by atoms with E-state index in [1.807, 2.05) is 45.4 Å². The number of aryl methyl sites for hydroxylation is 2. The van der Waals surface area contributed by atoms with Gasteiger partial charge in [-0.15, -0.1) is 0 Å². The highest BCUT2D eigenvalue weighted by atomic mass is 31.2. The Morgan fingerprint density at radius 3 is 2.02 bits per heavy atom.